The van der Waals surface area contributed by atoms with E-state index in [2.05, 4.69) is 5.32 Å². The number of nitrogens with zero attached hydrogens (tertiary/aromatic N) is 1. The van der Waals surface area contributed by atoms with Crippen molar-refractivity contribution < 1.29 is 24.2 Å². The molecule has 6 rings (SSSR count). The molecule has 3 aliphatic heterocycles. The van der Waals surface area contributed by atoms with Gasteiger partial charge in [-0.3, -0.25) is 9.59 Å². The highest BCUT2D eigenvalue weighted by Crippen LogP contribution is 2.33. The number of nitrogens with one attached hydrogen (secondary N) is 1. The third-order valence-electron chi connectivity index (χ3n) is 7.38. The maximum Gasteiger partial charge on any atom is 0.326 e. The summed E-state index contributed by atoms with van der Waals surface area (Å²) in [5.41, 5.74) is 2.79. The number of carboxylic acid groups (broad SMARTS) is 1. The Kier molecular flexibility index (Phi) is 6.26. The monoisotopic (exact) mass is 462 g/mol. The van der Waals surface area contributed by atoms with E-state index in [-0.39, 0.29) is 37.1 Å². The number of hydrogen-bond donors (Lipinski definition) is 2. The van der Waals surface area contributed by atoms with Crippen LogP contribution in [0.15, 0.2) is 42.5 Å². The molecule has 2 N–H and O–H groups in total. The van der Waals surface area contributed by atoms with E-state index in [0.29, 0.717) is 17.9 Å². The summed E-state index contributed by atoms with van der Waals surface area (Å²) in [4.78, 5) is 40.4. The summed E-state index contributed by atoms with van der Waals surface area (Å²) in [7, 11) is 0. The number of aliphatic carboxylic acids is 1. The number of fused-ring (bicyclic) bond motifs is 7. The van der Waals surface area contributed by atoms with Gasteiger partial charge in [-0.1, -0.05) is 37.5 Å². The minimum Gasteiger partial charge on any atom is -0.480 e. The highest BCUT2D eigenvalue weighted by molar-refractivity contribution is 5.91. The molecule has 7 nitrogen and oxygen atoms in total. The number of carbonyl (C=O) groups excluding carboxylic acids is 2. The molecule has 7 heteroatoms. The van der Waals surface area contributed by atoms with Gasteiger partial charge >= 0.3 is 5.97 Å². The minimum absolute atomic E-state index is 0.0221. The zero-order valence-electron chi connectivity index (χ0n) is 19.2. The SMILES string of the molecule is O=C1CCc2ccc(cc2)Oc2ccc3c(c2)CN(C(=O)[C@H](C2CCCCC2)N1)[C@H](C(=O)O)C3. The number of ether oxygens (including phenoxy) is 1. The molecule has 2 aromatic rings. The first kappa shape index (κ1) is 22.4. The van der Waals surface area contributed by atoms with Crippen LogP contribution in [0.1, 0.15) is 55.2 Å². The second-order valence-corrected chi connectivity index (χ2v) is 9.64. The van der Waals surface area contributed by atoms with Crippen LogP contribution in [0.25, 0.3) is 0 Å². The molecular weight excluding hydrogens is 432 g/mol. The summed E-state index contributed by atoms with van der Waals surface area (Å²) in [6.45, 7) is 0.181. The Morgan fingerprint density at radius 1 is 0.941 bits per heavy atom. The van der Waals surface area contributed by atoms with Gasteiger partial charge in [0, 0.05) is 19.4 Å². The predicted molar refractivity (Wildman–Crippen MR) is 125 cm³/mol. The number of hydrogen-bond acceptors (Lipinski definition) is 4. The van der Waals surface area contributed by atoms with Crippen LogP contribution < -0.4 is 10.1 Å². The van der Waals surface area contributed by atoms with Crippen LogP contribution in [0.4, 0.5) is 0 Å². The van der Waals surface area contributed by atoms with Gasteiger partial charge in [0.25, 0.3) is 0 Å². The number of rotatable bonds is 2. The van der Waals surface area contributed by atoms with Gasteiger partial charge in [0.15, 0.2) is 0 Å². The van der Waals surface area contributed by atoms with Crippen molar-refractivity contribution in [3.63, 3.8) is 0 Å². The van der Waals surface area contributed by atoms with E-state index in [4.69, 9.17) is 4.74 Å². The van der Waals surface area contributed by atoms with Gasteiger partial charge in [-0.2, -0.15) is 0 Å². The maximum atomic E-state index is 13.9. The summed E-state index contributed by atoms with van der Waals surface area (Å²) in [6.07, 6.45) is 5.93. The van der Waals surface area contributed by atoms with Gasteiger partial charge in [0.05, 0.1) is 0 Å². The van der Waals surface area contributed by atoms with Crippen LogP contribution in [-0.2, 0) is 33.8 Å². The lowest BCUT2D eigenvalue weighted by Crippen LogP contribution is -2.58. The van der Waals surface area contributed by atoms with Gasteiger partial charge < -0.3 is 20.1 Å². The van der Waals surface area contributed by atoms with E-state index in [1.54, 1.807) is 0 Å². The van der Waals surface area contributed by atoms with E-state index >= 15 is 0 Å². The number of carbonyl (C=O) groups is 3. The van der Waals surface area contributed by atoms with Gasteiger partial charge in [-0.15, -0.1) is 0 Å². The predicted octanol–water partition coefficient (Wildman–Crippen LogP) is 3.83. The van der Waals surface area contributed by atoms with E-state index in [9.17, 15) is 19.5 Å². The lowest BCUT2D eigenvalue weighted by Gasteiger charge is -2.39. The summed E-state index contributed by atoms with van der Waals surface area (Å²) in [5, 5.41) is 13.0. The second kappa shape index (κ2) is 9.49. The van der Waals surface area contributed by atoms with Crippen LogP contribution in [0.3, 0.4) is 0 Å². The number of carboxylic acids is 1. The fraction of sp³-hybridized carbons (Fsp3) is 0.444. The average molecular weight is 463 g/mol. The number of benzene rings is 2. The van der Waals surface area contributed by atoms with E-state index in [0.717, 1.165) is 48.8 Å². The van der Waals surface area contributed by atoms with E-state index < -0.39 is 18.1 Å². The molecule has 2 amide bonds. The third kappa shape index (κ3) is 4.65. The van der Waals surface area contributed by atoms with Crippen molar-refractivity contribution >= 4 is 17.8 Å². The van der Waals surface area contributed by atoms with Gasteiger partial charge in [0.1, 0.15) is 23.6 Å². The normalized spacial score (nSPS) is 23.5. The molecule has 0 saturated heterocycles. The molecule has 4 aliphatic rings. The minimum atomic E-state index is -1.03. The Bertz CT molecular complexity index is 1090. The standard InChI is InChI=1S/C27H30N2O5/c30-24-13-8-17-6-10-21(11-7-17)34-22-12-9-19-15-23(27(32)33)29(16-20(19)14-22)26(31)25(28-24)18-4-2-1-3-5-18/h6-7,9-12,14,18,23,25H,1-5,8,13,15-16H2,(H,28,30)(H,32,33)/t23-,25-/m0/s1. The molecule has 0 aromatic heterocycles. The Labute approximate surface area is 199 Å². The Hall–Kier alpha value is -3.35. The van der Waals surface area contributed by atoms with Crippen LogP contribution in [0, 0.1) is 5.92 Å². The molecule has 3 heterocycles. The zero-order valence-corrected chi connectivity index (χ0v) is 19.2. The quantitative estimate of drug-likeness (QED) is 0.707. The van der Waals surface area contributed by atoms with Crippen LogP contribution in [-0.4, -0.2) is 39.9 Å². The Balaban J connectivity index is 1.54. The topological polar surface area (TPSA) is 95.9 Å². The molecular formula is C27H30N2O5. The van der Waals surface area contributed by atoms with Crippen molar-refractivity contribution in [3.8, 4) is 11.5 Å². The van der Waals surface area contributed by atoms with Crippen LogP contribution in [0.5, 0.6) is 11.5 Å². The molecule has 0 unspecified atom stereocenters. The first-order valence-corrected chi connectivity index (χ1v) is 12.2. The van der Waals surface area contributed by atoms with Crippen molar-refractivity contribution in [3.05, 3.63) is 59.2 Å². The van der Waals surface area contributed by atoms with Crippen molar-refractivity contribution in [1.82, 2.24) is 10.2 Å². The van der Waals surface area contributed by atoms with Crippen molar-refractivity contribution in [1.29, 1.82) is 0 Å². The fourth-order valence-electron chi connectivity index (χ4n) is 5.47. The molecule has 1 aliphatic carbocycles. The van der Waals surface area contributed by atoms with Crippen molar-refractivity contribution in [2.24, 2.45) is 5.92 Å². The molecule has 1 saturated carbocycles. The summed E-state index contributed by atoms with van der Waals surface area (Å²) in [6, 6.07) is 11.6. The van der Waals surface area contributed by atoms with Crippen molar-refractivity contribution in [2.75, 3.05) is 0 Å². The highest BCUT2D eigenvalue weighted by Gasteiger charge is 2.41. The molecule has 2 atom stereocenters. The first-order chi connectivity index (χ1) is 16.5. The summed E-state index contributed by atoms with van der Waals surface area (Å²) >= 11 is 0. The molecule has 2 aromatic carbocycles. The first-order valence-electron chi connectivity index (χ1n) is 12.2. The van der Waals surface area contributed by atoms with Gasteiger partial charge in [-0.25, -0.2) is 4.79 Å². The van der Waals surface area contributed by atoms with E-state index in [1.165, 1.54) is 4.90 Å². The van der Waals surface area contributed by atoms with Crippen molar-refractivity contribution in [2.45, 2.75) is 70.0 Å². The number of amides is 2. The third-order valence-corrected chi connectivity index (χ3v) is 7.38. The Morgan fingerprint density at radius 2 is 1.68 bits per heavy atom. The average Bonchev–Trinajstić information content (AvgIpc) is 2.85. The summed E-state index contributed by atoms with van der Waals surface area (Å²) in [5.74, 6) is -0.138. The molecule has 178 valence electrons. The van der Waals surface area contributed by atoms with Gasteiger partial charge in [0.2, 0.25) is 11.8 Å². The second-order valence-electron chi connectivity index (χ2n) is 9.64. The fourth-order valence-corrected chi connectivity index (χ4v) is 5.47. The molecule has 5 bridgehead atoms. The largest absolute Gasteiger partial charge is 0.480 e. The van der Waals surface area contributed by atoms with Crippen LogP contribution >= 0.6 is 0 Å². The molecule has 34 heavy (non-hydrogen) atoms. The van der Waals surface area contributed by atoms with Crippen LogP contribution in [0.2, 0.25) is 0 Å². The molecule has 0 radical (unpaired) electrons. The maximum absolute atomic E-state index is 13.9. The number of aryl methyl sites for hydroxylation is 1. The lowest BCUT2D eigenvalue weighted by molar-refractivity contribution is -0.153. The smallest absolute Gasteiger partial charge is 0.326 e. The Morgan fingerprint density at radius 3 is 2.41 bits per heavy atom. The lowest BCUT2D eigenvalue weighted by atomic mass is 9.82. The zero-order chi connectivity index (χ0) is 23.7. The van der Waals surface area contributed by atoms with Gasteiger partial charge in [-0.05, 0) is 66.1 Å². The highest BCUT2D eigenvalue weighted by atomic mass is 16.5. The molecule has 0 spiro atoms. The molecule has 1 fully saturated rings. The van der Waals surface area contributed by atoms with E-state index in [1.807, 2.05) is 42.5 Å². The summed E-state index contributed by atoms with van der Waals surface area (Å²) < 4.78 is 6.03.